The molecule has 3 heteroatoms. The zero-order valence-electron chi connectivity index (χ0n) is 6.50. The molecule has 0 bridgehead atoms. The summed E-state index contributed by atoms with van der Waals surface area (Å²) < 4.78 is 10.6. The summed E-state index contributed by atoms with van der Waals surface area (Å²) in [6, 6.07) is 5.39. The van der Waals surface area contributed by atoms with E-state index in [4.69, 9.17) is 21.1 Å². The van der Waals surface area contributed by atoms with Crippen LogP contribution in [0.15, 0.2) is 30.2 Å². The Morgan fingerprint density at radius 1 is 1.33 bits per heavy atom. The Hall–Kier alpha value is -1.15. The minimum Gasteiger partial charge on any atom is -0.457 e. The van der Waals surface area contributed by atoms with E-state index in [2.05, 4.69) is 0 Å². The molecule has 0 aromatic heterocycles. The number of ether oxygens (including phenoxy) is 2. The summed E-state index contributed by atoms with van der Waals surface area (Å²) in [6.45, 7) is 1.81. The fourth-order valence-corrected chi connectivity index (χ4v) is 1.22. The maximum absolute atomic E-state index is 5.88. The van der Waals surface area contributed by atoms with Crippen LogP contribution in [0.5, 0.6) is 11.5 Å². The van der Waals surface area contributed by atoms with Crippen molar-refractivity contribution in [3.05, 3.63) is 35.2 Å². The third-order valence-corrected chi connectivity index (χ3v) is 1.84. The largest absolute Gasteiger partial charge is 0.457 e. The van der Waals surface area contributed by atoms with Crippen LogP contribution >= 0.6 is 11.6 Å². The van der Waals surface area contributed by atoms with E-state index in [1.165, 1.54) is 0 Å². The molecule has 1 aliphatic heterocycles. The third-order valence-electron chi connectivity index (χ3n) is 1.55. The number of para-hydroxylation sites is 1. The maximum atomic E-state index is 5.88. The molecule has 0 fully saturated rings. The molecule has 0 radical (unpaired) electrons. The van der Waals surface area contributed by atoms with E-state index in [0.717, 1.165) is 0 Å². The third kappa shape index (κ3) is 1.14. The second-order valence-electron chi connectivity index (χ2n) is 2.52. The summed E-state index contributed by atoms with van der Waals surface area (Å²) in [7, 11) is 0. The van der Waals surface area contributed by atoms with Gasteiger partial charge in [-0.05, 0) is 19.1 Å². The lowest BCUT2D eigenvalue weighted by atomic mass is 10.3. The van der Waals surface area contributed by atoms with Gasteiger partial charge in [0.1, 0.15) is 12.0 Å². The molecule has 2 rings (SSSR count). The highest BCUT2D eigenvalue weighted by molar-refractivity contribution is 6.32. The lowest BCUT2D eigenvalue weighted by Gasteiger charge is -2.16. The van der Waals surface area contributed by atoms with Gasteiger partial charge in [0.05, 0.1) is 5.02 Å². The first-order valence-corrected chi connectivity index (χ1v) is 3.95. The smallest absolute Gasteiger partial charge is 0.188 e. The average Bonchev–Trinajstić information content (AvgIpc) is 2.07. The van der Waals surface area contributed by atoms with Gasteiger partial charge in [0.2, 0.25) is 0 Å². The monoisotopic (exact) mass is 182 g/mol. The van der Waals surface area contributed by atoms with Crippen LogP contribution in [0.1, 0.15) is 6.92 Å². The summed E-state index contributed by atoms with van der Waals surface area (Å²) >= 11 is 5.88. The zero-order chi connectivity index (χ0) is 8.55. The topological polar surface area (TPSA) is 18.5 Å². The van der Waals surface area contributed by atoms with E-state index in [1.54, 1.807) is 12.3 Å². The van der Waals surface area contributed by atoms with Crippen molar-refractivity contribution < 1.29 is 9.47 Å². The minimum absolute atomic E-state index is 0.569. The normalized spacial score (nSPS) is 14.0. The molecule has 62 valence electrons. The van der Waals surface area contributed by atoms with Gasteiger partial charge < -0.3 is 9.47 Å². The number of halogens is 1. The van der Waals surface area contributed by atoms with Crippen LogP contribution in [0, 0.1) is 0 Å². The van der Waals surface area contributed by atoms with Gasteiger partial charge in [0.25, 0.3) is 0 Å². The van der Waals surface area contributed by atoms with Crippen molar-refractivity contribution >= 4 is 11.6 Å². The van der Waals surface area contributed by atoms with Crippen molar-refractivity contribution in [2.24, 2.45) is 0 Å². The second-order valence-corrected chi connectivity index (χ2v) is 2.92. The number of fused-ring (bicyclic) bond motifs is 1. The standard InChI is InChI=1S/C9H7ClO2/c1-6-5-11-8-4-2-3-7(10)9(8)12-6/h2-5H,1H3. The quantitative estimate of drug-likeness (QED) is 0.614. The van der Waals surface area contributed by atoms with E-state index < -0.39 is 0 Å². The van der Waals surface area contributed by atoms with Crippen LogP contribution in [-0.2, 0) is 0 Å². The summed E-state index contributed by atoms with van der Waals surface area (Å²) in [4.78, 5) is 0. The Morgan fingerprint density at radius 3 is 3.00 bits per heavy atom. The molecule has 0 amide bonds. The van der Waals surface area contributed by atoms with Gasteiger partial charge in [-0.1, -0.05) is 17.7 Å². The van der Waals surface area contributed by atoms with Crippen LogP contribution < -0.4 is 9.47 Å². The molecule has 0 N–H and O–H groups in total. The Labute approximate surface area is 75.4 Å². The molecule has 2 nitrogen and oxygen atoms in total. The molecule has 0 aliphatic carbocycles. The van der Waals surface area contributed by atoms with Crippen molar-refractivity contribution in [1.29, 1.82) is 0 Å². The number of hydrogen-bond donors (Lipinski definition) is 0. The fraction of sp³-hybridized carbons (Fsp3) is 0.111. The SMILES string of the molecule is CC1=COc2cccc(Cl)c2O1. The van der Waals surface area contributed by atoms with Gasteiger partial charge in [-0.25, -0.2) is 0 Å². The van der Waals surface area contributed by atoms with E-state index in [0.29, 0.717) is 22.3 Å². The molecule has 1 aromatic carbocycles. The van der Waals surface area contributed by atoms with E-state index >= 15 is 0 Å². The number of allylic oxidation sites excluding steroid dienone is 1. The van der Waals surface area contributed by atoms with Gasteiger partial charge in [-0.3, -0.25) is 0 Å². The van der Waals surface area contributed by atoms with E-state index in [9.17, 15) is 0 Å². The first kappa shape index (κ1) is 7.50. The highest BCUT2D eigenvalue weighted by Crippen LogP contribution is 2.38. The van der Waals surface area contributed by atoms with Crippen LogP contribution in [-0.4, -0.2) is 0 Å². The second kappa shape index (κ2) is 2.72. The summed E-state index contributed by atoms with van der Waals surface area (Å²) in [5.41, 5.74) is 0. The van der Waals surface area contributed by atoms with E-state index in [1.807, 2.05) is 19.1 Å². The highest BCUT2D eigenvalue weighted by atomic mass is 35.5. The van der Waals surface area contributed by atoms with Crippen LogP contribution in [0.4, 0.5) is 0 Å². The summed E-state index contributed by atoms with van der Waals surface area (Å²) in [6.07, 6.45) is 1.55. The lowest BCUT2D eigenvalue weighted by molar-refractivity contribution is 0.327. The van der Waals surface area contributed by atoms with Crippen LogP contribution in [0.2, 0.25) is 5.02 Å². The Bertz CT molecular complexity index is 344. The number of hydrogen-bond acceptors (Lipinski definition) is 2. The molecule has 0 unspecified atom stereocenters. The van der Waals surface area contributed by atoms with Gasteiger partial charge in [-0.2, -0.15) is 0 Å². The van der Waals surface area contributed by atoms with Gasteiger partial charge in [-0.15, -0.1) is 0 Å². The molecule has 0 spiro atoms. The minimum atomic E-state index is 0.569. The highest BCUT2D eigenvalue weighted by Gasteiger charge is 2.13. The molecule has 0 atom stereocenters. The van der Waals surface area contributed by atoms with Crippen molar-refractivity contribution in [3.63, 3.8) is 0 Å². The molecule has 12 heavy (non-hydrogen) atoms. The summed E-state index contributed by atoms with van der Waals surface area (Å²) in [5.74, 6) is 1.96. The van der Waals surface area contributed by atoms with Crippen molar-refractivity contribution in [1.82, 2.24) is 0 Å². The fourth-order valence-electron chi connectivity index (χ4n) is 1.01. The van der Waals surface area contributed by atoms with Crippen molar-refractivity contribution in [3.8, 4) is 11.5 Å². The maximum Gasteiger partial charge on any atom is 0.188 e. The summed E-state index contributed by atoms with van der Waals surface area (Å²) in [5, 5.41) is 0.569. The zero-order valence-corrected chi connectivity index (χ0v) is 7.26. The molecule has 1 aromatic rings. The van der Waals surface area contributed by atoms with Crippen LogP contribution in [0.25, 0.3) is 0 Å². The Balaban J connectivity index is 2.49. The average molecular weight is 183 g/mol. The Kier molecular flexibility index (Phi) is 1.70. The lowest BCUT2D eigenvalue weighted by Crippen LogP contribution is -2.02. The van der Waals surface area contributed by atoms with E-state index in [-0.39, 0.29) is 0 Å². The molecule has 0 saturated heterocycles. The van der Waals surface area contributed by atoms with Gasteiger partial charge in [0, 0.05) is 0 Å². The molecular formula is C9H7ClO2. The number of rotatable bonds is 0. The van der Waals surface area contributed by atoms with Crippen LogP contribution in [0.3, 0.4) is 0 Å². The number of benzene rings is 1. The predicted molar refractivity (Wildman–Crippen MR) is 46.5 cm³/mol. The van der Waals surface area contributed by atoms with Gasteiger partial charge >= 0.3 is 0 Å². The molecule has 1 aliphatic rings. The van der Waals surface area contributed by atoms with Crippen molar-refractivity contribution in [2.45, 2.75) is 6.92 Å². The first-order chi connectivity index (χ1) is 5.77. The predicted octanol–water partition coefficient (Wildman–Crippen LogP) is 2.97. The first-order valence-electron chi connectivity index (χ1n) is 3.57. The Morgan fingerprint density at radius 2 is 2.17 bits per heavy atom. The molecular weight excluding hydrogens is 176 g/mol. The van der Waals surface area contributed by atoms with Gasteiger partial charge in [0.15, 0.2) is 11.5 Å². The molecule has 0 saturated carbocycles. The van der Waals surface area contributed by atoms with Crippen molar-refractivity contribution in [2.75, 3.05) is 0 Å². The molecule has 1 heterocycles.